The van der Waals surface area contributed by atoms with Gasteiger partial charge >= 0.3 is 0 Å². The van der Waals surface area contributed by atoms with E-state index >= 15 is 0 Å². The van der Waals surface area contributed by atoms with E-state index in [1.165, 1.54) is 0 Å². The average Bonchev–Trinajstić information content (AvgIpc) is 2.74. The van der Waals surface area contributed by atoms with Crippen molar-refractivity contribution in [3.63, 3.8) is 0 Å². The Morgan fingerprint density at radius 2 is 1.89 bits per heavy atom. The van der Waals surface area contributed by atoms with Crippen molar-refractivity contribution in [2.75, 3.05) is 6.54 Å². The van der Waals surface area contributed by atoms with Crippen molar-refractivity contribution < 1.29 is 0 Å². The van der Waals surface area contributed by atoms with Crippen LogP contribution in [0.3, 0.4) is 0 Å². The lowest BCUT2D eigenvalue weighted by molar-refractivity contribution is 0.239. The lowest BCUT2D eigenvalue weighted by Gasteiger charge is -2.27. The van der Waals surface area contributed by atoms with Gasteiger partial charge in [0.2, 0.25) is 0 Å². The maximum atomic E-state index is 12.7. The van der Waals surface area contributed by atoms with Gasteiger partial charge in [-0.05, 0) is 24.3 Å². The van der Waals surface area contributed by atoms with Crippen LogP contribution in [0.1, 0.15) is 17.0 Å². The molecule has 0 bridgehead atoms. The molecule has 4 heterocycles. The predicted octanol–water partition coefficient (Wildman–Crippen LogP) is 2.94. The van der Waals surface area contributed by atoms with E-state index in [4.69, 9.17) is 4.98 Å². The first-order chi connectivity index (χ1) is 13.8. The second-order valence-corrected chi connectivity index (χ2v) is 7.02. The summed E-state index contributed by atoms with van der Waals surface area (Å²) >= 11 is 0. The number of hydrogen-bond acceptors (Lipinski definition) is 5. The molecule has 6 heteroatoms. The Bertz CT molecular complexity index is 1200. The van der Waals surface area contributed by atoms with Crippen LogP contribution in [-0.2, 0) is 19.5 Å². The van der Waals surface area contributed by atoms with Crippen molar-refractivity contribution in [2.24, 2.45) is 0 Å². The highest BCUT2D eigenvalue weighted by Gasteiger charge is 2.22. The van der Waals surface area contributed by atoms with Gasteiger partial charge in [-0.1, -0.05) is 30.3 Å². The van der Waals surface area contributed by atoms with Crippen molar-refractivity contribution >= 4 is 11.0 Å². The van der Waals surface area contributed by atoms with Gasteiger partial charge in [0.1, 0.15) is 5.82 Å². The van der Waals surface area contributed by atoms with Crippen LogP contribution in [-0.4, -0.2) is 31.4 Å². The maximum absolute atomic E-state index is 12.7. The number of nitrogens with one attached hydrogen (secondary N) is 1. The molecule has 3 aromatic heterocycles. The Labute approximate surface area is 161 Å². The third kappa shape index (κ3) is 3.18. The van der Waals surface area contributed by atoms with Gasteiger partial charge in [0, 0.05) is 43.2 Å². The standard InChI is InChI=1S/C22H19N5O/c28-22-18-14-27(13-17-9-8-16-7-4-11-23-20(16)24-17)12-10-19(18)25-21(26-22)15-5-2-1-3-6-15/h1-9,11H,10,12-14H2,(H,25,26,28). The van der Waals surface area contributed by atoms with Crippen molar-refractivity contribution in [3.05, 3.63) is 88.1 Å². The predicted molar refractivity (Wildman–Crippen MR) is 108 cm³/mol. The molecule has 1 aromatic carbocycles. The molecule has 0 fully saturated rings. The highest BCUT2D eigenvalue weighted by molar-refractivity contribution is 5.74. The fourth-order valence-electron chi connectivity index (χ4n) is 3.66. The smallest absolute Gasteiger partial charge is 0.255 e. The second-order valence-electron chi connectivity index (χ2n) is 7.02. The van der Waals surface area contributed by atoms with E-state index in [9.17, 15) is 4.79 Å². The highest BCUT2D eigenvalue weighted by Crippen LogP contribution is 2.20. The molecule has 138 valence electrons. The number of aromatic amines is 1. The Morgan fingerprint density at radius 3 is 2.79 bits per heavy atom. The molecular formula is C22H19N5O. The monoisotopic (exact) mass is 369 g/mol. The number of nitrogens with zero attached hydrogens (tertiary/aromatic N) is 4. The molecule has 0 aliphatic carbocycles. The summed E-state index contributed by atoms with van der Waals surface area (Å²) in [6.07, 6.45) is 2.51. The molecule has 0 spiro atoms. The molecule has 28 heavy (non-hydrogen) atoms. The molecule has 1 aliphatic rings. The number of H-pyrrole nitrogens is 1. The topological polar surface area (TPSA) is 74.8 Å². The normalized spacial score (nSPS) is 14.1. The molecule has 0 unspecified atom stereocenters. The summed E-state index contributed by atoms with van der Waals surface area (Å²) in [7, 11) is 0. The van der Waals surface area contributed by atoms with Crippen LogP contribution in [0, 0.1) is 0 Å². The van der Waals surface area contributed by atoms with E-state index in [1.54, 1.807) is 6.20 Å². The molecule has 0 saturated heterocycles. The molecule has 0 saturated carbocycles. The van der Waals surface area contributed by atoms with Crippen LogP contribution >= 0.6 is 0 Å². The van der Waals surface area contributed by atoms with Gasteiger partial charge in [0.05, 0.1) is 17.0 Å². The zero-order chi connectivity index (χ0) is 18.9. The molecule has 0 amide bonds. The number of hydrogen-bond donors (Lipinski definition) is 1. The van der Waals surface area contributed by atoms with Crippen molar-refractivity contribution in [1.29, 1.82) is 0 Å². The van der Waals surface area contributed by atoms with Gasteiger partial charge in [0.25, 0.3) is 5.56 Å². The lowest BCUT2D eigenvalue weighted by atomic mass is 10.1. The Morgan fingerprint density at radius 1 is 1.00 bits per heavy atom. The van der Waals surface area contributed by atoms with Crippen LogP contribution in [0.2, 0.25) is 0 Å². The minimum absolute atomic E-state index is 0.0540. The molecular weight excluding hydrogens is 350 g/mol. The van der Waals surface area contributed by atoms with E-state index in [0.29, 0.717) is 18.9 Å². The highest BCUT2D eigenvalue weighted by atomic mass is 16.1. The largest absolute Gasteiger partial charge is 0.306 e. The van der Waals surface area contributed by atoms with Gasteiger partial charge in [-0.15, -0.1) is 0 Å². The molecule has 6 nitrogen and oxygen atoms in total. The number of rotatable bonds is 3. The lowest BCUT2D eigenvalue weighted by Crippen LogP contribution is -2.35. The van der Waals surface area contributed by atoms with E-state index in [-0.39, 0.29) is 5.56 Å². The number of pyridine rings is 2. The molecule has 5 rings (SSSR count). The minimum atomic E-state index is -0.0540. The van der Waals surface area contributed by atoms with Crippen molar-refractivity contribution in [1.82, 2.24) is 24.8 Å². The first kappa shape index (κ1) is 16.8. The van der Waals surface area contributed by atoms with E-state index in [0.717, 1.165) is 46.5 Å². The minimum Gasteiger partial charge on any atom is -0.306 e. The summed E-state index contributed by atoms with van der Waals surface area (Å²) in [5.41, 5.74) is 4.24. The Balaban J connectivity index is 1.39. The zero-order valence-electron chi connectivity index (χ0n) is 15.3. The second kappa shape index (κ2) is 6.98. The van der Waals surface area contributed by atoms with E-state index < -0.39 is 0 Å². The fourth-order valence-corrected chi connectivity index (χ4v) is 3.66. The van der Waals surface area contributed by atoms with Gasteiger partial charge < -0.3 is 4.98 Å². The van der Waals surface area contributed by atoms with Gasteiger partial charge in [-0.25, -0.2) is 15.0 Å². The van der Waals surface area contributed by atoms with Crippen LogP contribution in [0.25, 0.3) is 22.4 Å². The van der Waals surface area contributed by atoms with Crippen molar-refractivity contribution in [3.8, 4) is 11.4 Å². The van der Waals surface area contributed by atoms with Crippen molar-refractivity contribution in [2.45, 2.75) is 19.5 Å². The first-order valence-electron chi connectivity index (χ1n) is 9.37. The molecule has 0 atom stereocenters. The van der Waals surface area contributed by atoms with Crippen LogP contribution in [0.15, 0.2) is 65.6 Å². The molecule has 1 N–H and O–H groups in total. The first-order valence-corrected chi connectivity index (χ1v) is 9.37. The molecule has 1 aliphatic heterocycles. The number of fused-ring (bicyclic) bond motifs is 2. The van der Waals surface area contributed by atoms with Gasteiger partial charge in [-0.3, -0.25) is 9.69 Å². The maximum Gasteiger partial charge on any atom is 0.255 e. The third-order valence-electron chi connectivity index (χ3n) is 5.10. The molecule has 4 aromatic rings. The summed E-state index contributed by atoms with van der Waals surface area (Å²) in [5, 5.41) is 1.03. The number of benzene rings is 1. The van der Waals surface area contributed by atoms with Gasteiger partial charge in [0.15, 0.2) is 5.65 Å². The third-order valence-corrected chi connectivity index (χ3v) is 5.10. The van der Waals surface area contributed by atoms with E-state index in [1.807, 2.05) is 54.6 Å². The summed E-state index contributed by atoms with van der Waals surface area (Å²) in [5.74, 6) is 0.639. The Hall–Kier alpha value is -3.38. The van der Waals surface area contributed by atoms with Crippen LogP contribution < -0.4 is 5.56 Å². The number of aromatic nitrogens is 4. The average molecular weight is 369 g/mol. The van der Waals surface area contributed by atoms with Gasteiger partial charge in [-0.2, -0.15) is 0 Å². The summed E-state index contributed by atoms with van der Waals surface area (Å²) in [6, 6.07) is 17.8. The molecule has 0 radical (unpaired) electrons. The Kier molecular flexibility index (Phi) is 4.18. The summed E-state index contributed by atoms with van der Waals surface area (Å²) in [4.78, 5) is 31.6. The summed E-state index contributed by atoms with van der Waals surface area (Å²) < 4.78 is 0. The SMILES string of the molecule is O=c1[nH]c(-c2ccccc2)nc2c1CN(Cc1ccc3cccnc3n1)CC2. The fraction of sp³-hybridized carbons (Fsp3) is 0.182. The van der Waals surface area contributed by atoms with Crippen LogP contribution in [0.5, 0.6) is 0 Å². The quantitative estimate of drug-likeness (QED) is 0.601. The van der Waals surface area contributed by atoms with Crippen LogP contribution in [0.4, 0.5) is 0 Å². The van der Waals surface area contributed by atoms with E-state index in [2.05, 4.69) is 19.9 Å². The zero-order valence-corrected chi connectivity index (χ0v) is 15.3. The summed E-state index contributed by atoms with van der Waals surface area (Å²) in [6.45, 7) is 2.11.